The van der Waals surface area contributed by atoms with E-state index in [-0.39, 0.29) is 17.0 Å². The van der Waals surface area contributed by atoms with Crippen LogP contribution in [0.25, 0.3) is 5.57 Å². The fourth-order valence-electron chi connectivity index (χ4n) is 2.08. The highest BCUT2D eigenvalue weighted by atomic mass is 79.9. The summed E-state index contributed by atoms with van der Waals surface area (Å²) in [5, 5.41) is 13.4. The van der Waals surface area contributed by atoms with Gasteiger partial charge in [0.25, 0.3) is 11.6 Å². The maximum Gasteiger partial charge on any atom is 0.270 e. The van der Waals surface area contributed by atoms with E-state index < -0.39 is 10.8 Å². The molecule has 0 saturated carbocycles. The largest absolute Gasteiger partial charge is 0.321 e. The molecule has 0 spiro atoms. The number of carbonyl (C=O) groups is 2. The van der Waals surface area contributed by atoms with Crippen LogP contribution >= 0.6 is 27.3 Å². The molecule has 1 N–H and O–H groups in total. The number of hydrogen-bond acceptors (Lipinski definition) is 5. The Morgan fingerprint density at radius 3 is 2.73 bits per heavy atom. The van der Waals surface area contributed by atoms with E-state index in [2.05, 4.69) is 21.2 Å². The number of rotatable bonds is 3. The number of fused-ring (bicyclic) bond motifs is 1. The third kappa shape index (κ3) is 2.58. The number of benzene rings is 1. The summed E-state index contributed by atoms with van der Waals surface area (Å²) in [5.74, 6) is -0.764. The van der Waals surface area contributed by atoms with Crippen LogP contribution in [0, 0.1) is 10.1 Å². The van der Waals surface area contributed by atoms with Crippen molar-refractivity contribution in [3.05, 3.63) is 60.7 Å². The molecular formula is C14H7BrN2O4S. The van der Waals surface area contributed by atoms with Gasteiger partial charge in [-0.3, -0.25) is 19.7 Å². The van der Waals surface area contributed by atoms with Gasteiger partial charge in [0.05, 0.1) is 19.2 Å². The Kier molecular flexibility index (Phi) is 3.63. The Morgan fingerprint density at radius 2 is 2.09 bits per heavy atom. The van der Waals surface area contributed by atoms with Crippen molar-refractivity contribution < 1.29 is 14.5 Å². The van der Waals surface area contributed by atoms with E-state index >= 15 is 0 Å². The summed E-state index contributed by atoms with van der Waals surface area (Å²) in [5.41, 5.74) is 0.825. The first-order valence-electron chi connectivity index (χ1n) is 6.07. The Morgan fingerprint density at radius 1 is 1.32 bits per heavy atom. The van der Waals surface area contributed by atoms with E-state index in [1.54, 1.807) is 12.1 Å². The highest BCUT2D eigenvalue weighted by Crippen LogP contribution is 2.35. The molecule has 2 aromatic rings. The van der Waals surface area contributed by atoms with Gasteiger partial charge in [0.1, 0.15) is 0 Å². The molecule has 1 aromatic heterocycles. The number of carbonyl (C=O) groups excluding carboxylic acids is 2. The number of hydrogen-bond donors (Lipinski definition) is 1. The number of thiophene rings is 1. The zero-order valence-corrected chi connectivity index (χ0v) is 13.2. The van der Waals surface area contributed by atoms with Crippen molar-refractivity contribution in [2.75, 3.05) is 5.32 Å². The lowest BCUT2D eigenvalue weighted by Gasteiger charge is -1.98. The quantitative estimate of drug-likeness (QED) is 0.382. The molecule has 0 saturated heterocycles. The summed E-state index contributed by atoms with van der Waals surface area (Å²) >= 11 is 4.52. The monoisotopic (exact) mass is 378 g/mol. The van der Waals surface area contributed by atoms with Crippen LogP contribution in [-0.4, -0.2) is 16.6 Å². The number of anilines is 1. The van der Waals surface area contributed by atoms with E-state index in [9.17, 15) is 19.7 Å². The highest BCUT2D eigenvalue weighted by molar-refractivity contribution is 9.11. The first kappa shape index (κ1) is 14.6. The first-order chi connectivity index (χ1) is 10.5. The third-order valence-electron chi connectivity index (χ3n) is 3.09. The number of nitro benzene ring substituents is 1. The van der Waals surface area contributed by atoms with Crippen molar-refractivity contribution in [1.29, 1.82) is 0 Å². The Hall–Kier alpha value is -2.32. The van der Waals surface area contributed by atoms with E-state index in [0.29, 0.717) is 16.1 Å². The average Bonchev–Trinajstić information content (AvgIpc) is 3.03. The average molecular weight is 379 g/mol. The normalized spacial score (nSPS) is 14.8. The maximum absolute atomic E-state index is 12.2. The number of nitrogens with one attached hydrogen (secondary N) is 1. The van der Waals surface area contributed by atoms with Gasteiger partial charge in [-0.25, -0.2) is 0 Å². The molecule has 0 fully saturated rings. The van der Waals surface area contributed by atoms with Gasteiger partial charge in [-0.05, 0) is 34.1 Å². The van der Waals surface area contributed by atoms with Gasteiger partial charge in [0.15, 0.2) is 5.78 Å². The summed E-state index contributed by atoms with van der Waals surface area (Å²) in [6.07, 6.45) is 1.21. The minimum absolute atomic E-state index is 0.132. The highest BCUT2D eigenvalue weighted by Gasteiger charge is 2.27. The van der Waals surface area contributed by atoms with Crippen LogP contribution in [0.3, 0.4) is 0 Å². The minimum atomic E-state index is -0.543. The summed E-state index contributed by atoms with van der Waals surface area (Å²) in [6.45, 7) is 0. The first-order valence-corrected chi connectivity index (χ1v) is 7.68. The maximum atomic E-state index is 12.2. The van der Waals surface area contributed by atoms with Crippen LogP contribution in [0.15, 0.2) is 40.2 Å². The molecule has 110 valence electrons. The lowest BCUT2D eigenvalue weighted by Crippen LogP contribution is -2.05. The Labute approximate surface area is 136 Å². The second-order valence-corrected chi connectivity index (χ2v) is 6.93. The number of nitrogens with zero attached hydrogens (tertiary/aromatic N) is 1. The van der Waals surface area contributed by atoms with Gasteiger partial charge >= 0.3 is 0 Å². The van der Waals surface area contributed by atoms with Crippen molar-refractivity contribution >= 4 is 55.9 Å². The molecule has 0 aliphatic carbocycles. The predicted octanol–water partition coefficient (Wildman–Crippen LogP) is 3.64. The number of ketones is 1. The number of non-ortho nitro benzene ring substituents is 1. The number of amides is 1. The van der Waals surface area contributed by atoms with Gasteiger partial charge in [-0.15, -0.1) is 11.3 Å². The van der Waals surface area contributed by atoms with Crippen molar-refractivity contribution in [3.63, 3.8) is 0 Å². The number of nitro groups is 1. The zero-order valence-electron chi connectivity index (χ0n) is 10.8. The molecule has 1 aliphatic rings. The number of allylic oxidation sites excluding steroid dienone is 1. The molecule has 0 atom stereocenters. The molecule has 6 nitrogen and oxygen atoms in total. The Bertz CT molecular complexity index is 856. The van der Waals surface area contributed by atoms with Crippen LogP contribution in [0.2, 0.25) is 0 Å². The topological polar surface area (TPSA) is 89.3 Å². The fourth-order valence-corrected chi connectivity index (χ4v) is 3.38. The predicted molar refractivity (Wildman–Crippen MR) is 86.1 cm³/mol. The van der Waals surface area contributed by atoms with E-state index in [1.807, 2.05) is 0 Å². The third-order valence-corrected chi connectivity index (χ3v) is 4.73. The van der Waals surface area contributed by atoms with Crippen LogP contribution in [0.4, 0.5) is 11.4 Å². The summed E-state index contributed by atoms with van der Waals surface area (Å²) < 4.78 is 0.807. The molecule has 0 radical (unpaired) electrons. The molecule has 0 bridgehead atoms. The van der Waals surface area contributed by atoms with E-state index in [1.165, 1.54) is 35.6 Å². The Balaban J connectivity index is 2.03. The van der Waals surface area contributed by atoms with Crippen LogP contribution in [0.1, 0.15) is 15.2 Å². The fraction of sp³-hybridized carbons (Fsp3) is 0. The van der Waals surface area contributed by atoms with Gasteiger partial charge < -0.3 is 5.32 Å². The molecule has 1 aliphatic heterocycles. The van der Waals surface area contributed by atoms with Crippen molar-refractivity contribution in [3.8, 4) is 0 Å². The van der Waals surface area contributed by atoms with Crippen molar-refractivity contribution in [1.82, 2.24) is 0 Å². The van der Waals surface area contributed by atoms with Crippen LogP contribution < -0.4 is 5.32 Å². The van der Waals surface area contributed by atoms with Crippen LogP contribution in [0.5, 0.6) is 0 Å². The summed E-state index contributed by atoms with van der Waals surface area (Å²) in [4.78, 5) is 34.9. The van der Waals surface area contributed by atoms with Gasteiger partial charge in [-0.1, -0.05) is 0 Å². The molecule has 22 heavy (non-hydrogen) atoms. The van der Waals surface area contributed by atoms with Gasteiger partial charge in [-0.2, -0.15) is 0 Å². The standard InChI is InChI=1S/C14H7BrN2O4S/c15-13-4-3-12(22-13)11(18)6-9-8-5-7(17(20)21)1-2-10(8)16-14(9)19/h1-6H,(H,16,19)/b9-6-. The zero-order chi connectivity index (χ0) is 15.9. The molecule has 3 rings (SSSR count). The summed E-state index contributed by atoms with van der Waals surface area (Å²) in [6, 6.07) is 7.44. The summed E-state index contributed by atoms with van der Waals surface area (Å²) in [7, 11) is 0. The second-order valence-electron chi connectivity index (χ2n) is 4.47. The lowest BCUT2D eigenvalue weighted by atomic mass is 10.0. The van der Waals surface area contributed by atoms with Gasteiger partial charge in [0, 0.05) is 29.5 Å². The van der Waals surface area contributed by atoms with Crippen molar-refractivity contribution in [2.45, 2.75) is 0 Å². The molecule has 2 heterocycles. The van der Waals surface area contributed by atoms with Gasteiger partial charge in [0.2, 0.25) is 0 Å². The number of halogens is 1. The lowest BCUT2D eigenvalue weighted by molar-refractivity contribution is -0.384. The van der Waals surface area contributed by atoms with Crippen molar-refractivity contribution in [2.24, 2.45) is 0 Å². The molecule has 1 aromatic carbocycles. The molecule has 0 unspecified atom stereocenters. The van der Waals surface area contributed by atoms with Crippen LogP contribution in [-0.2, 0) is 4.79 Å². The molecular weight excluding hydrogens is 372 g/mol. The second kappa shape index (κ2) is 5.47. The smallest absolute Gasteiger partial charge is 0.270 e. The SMILES string of the molecule is O=C1Nc2ccc([N+](=O)[O-])cc2/C1=C/C(=O)c1ccc(Br)s1. The minimum Gasteiger partial charge on any atom is -0.321 e. The molecule has 1 amide bonds. The molecule has 8 heteroatoms. The van der Waals surface area contributed by atoms with E-state index in [4.69, 9.17) is 0 Å². The van der Waals surface area contributed by atoms with E-state index in [0.717, 1.165) is 3.79 Å².